The van der Waals surface area contributed by atoms with Gasteiger partial charge in [-0.25, -0.2) is 13.4 Å². The third-order valence-corrected chi connectivity index (χ3v) is 4.87. The van der Waals surface area contributed by atoms with Crippen molar-refractivity contribution in [2.45, 2.75) is 31.0 Å². The lowest BCUT2D eigenvalue weighted by Gasteiger charge is -2.22. The number of nitrogens with zero attached hydrogens (tertiary/aromatic N) is 3. The van der Waals surface area contributed by atoms with Gasteiger partial charge in [0.2, 0.25) is 5.03 Å². The zero-order chi connectivity index (χ0) is 15.6. The van der Waals surface area contributed by atoms with Crippen LogP contribution < -0.4 is 0 Å². The summed E-state index contributed by atoms with van der Waals surface area (Å²) in [6, 6.07) is 0. The van der Waals surface area contributed by atoms with Crippen molar-refractivity contribution in [2.75, 3.05) is 13.1 Å². The number of unbranched alkanes of at least 4 members (excludes halogenated alkanes) is 1. The molecule has 1 rings (SSSR count). The first-order chi connectivity index (χ1) is 9.09. The van der Waals surface area contributed by atoms with Gasteiger partial charge in [0.05, 0.1) is 6.33 Å². The van der Waals surface area contributed by atoms with E-state index in [2.05, 4.69) is 4.98 Å². The topological polar surface area (TPSA) is 55.2 Å². The van der Waals surface area contributed by atoms with Gasteiger partial charge in [-0.2, -0.15) is 17.5 Å². The summed E-state index contributed by atoms with van der Waals surface area (Å²) in [4.78, 5) is 3.58. The van der Waals surface area contributed by atoms with Crippen LogP contribution in [0.2, 0.25) is 5.15 Å². The van der Waals surface area contributed by atoms with Crippen LogP contribution in [0.1, 0.15) is 19.8 Å². The molecule has 0 spiro atoms. The Morgan fingerprint density at radius 2 is 2.05 bits per heavy atom. The van der Waals surface area contributed by atoms with Crippen molar-refractivity contribution in [3.63, 3.8) is 0 Å². The molecule has 0 aliphatic heterocycles. The number of aromatic nitrogens is 2. The van der Waals surface area contributed by atoms with E-state index in [1.54, 1.807) is 6.92 Å². The van der Waals surface area contributed by atoms with Crippen LogP contribution in [0.25, 0.3) is 0 Å². The summed E-state index contributed by atoms with van der Waals surface area (Å²) >= 11 is 5.76. The van der Waals surface area contributed by atoms with E-state index in [0.717, 1.165) is 6.33 Å². The maximum atomic E-state index is 12.5. The predicted octanol–water partition coefficient (Wildman–Crippen LogP) is 2.43. The monoisotopic (exact) mass is 333 g/mol. The van der Waals surface area contributed by atoms with Gasteiger partial charge < -0.3 is 4.57 Å². The van der Waals surface area contributed by atoms with Crippen LogP contribution in [0.4, 0.5) is 13.2 Å². The Bertz CT molecular complexity index is 557. The van der Waals surface area contributed by atoms with Crippen LogP contribution in [0, 0.1) is 0 Å². The van der Waals surface area contributed by atoms with Crippen molar-refractivity contribution >= 4 is 21.6 Å². The number of aryl methyl sites for hydroxylation is 1. The SMILES string of the molecule is CCCCN(CC(F)(F)F)S(=O)(=O)c1ncn(C)c1Cl. The summed E-state index contributed by atoms with van der Waals surface area (Å²) in [5, 5.41) is -0.768. The fourth-order valence-corrected chi connectivity index (χ4v) is 3.36. The molecule has 0 atom stereocenters. The van der Waals surface area contributed by atoms with Crippen LogP contribution in [-0.4, -0.2) is 41.5 Å². The first-order valence-corrected chi connectivity index (χ1v) is 7.65. The zero-order valence-electron chi connectivity index (χ0n) is 11.0. The Labute approximate surface area is 120 Å². The molecular weight excluding hydrogens is 319 g/mol. The van der Waals surface area contributed by atoms with Gasteiger partial charge in [0.25, 0.3) is 10.0 Å². The highest BCUT2D eigenvalue weighted by Gasteiger charge is 2.38. The normalized spacial score (nSPS) is 13.2. The third kappa shape index (κ3) is 4.10. The van der Waals surface area contributed by atoms with Gasteiger partial charge in [0.15, 0.2) is 0 Å². The average molecular weight is 334 g/mol. The first-order valence-electron chi connectivity index (χ1n) is 5.83. The first kappa shape index (κ1) is 17.3. The Morgan fingerprint density at radius 1 is 1.45 bits per heavy atom. The molecule has 0 saturated carbocycles. The minimum atomic E-state index is -4.62. The largest absolute Gasteiger partial charge is 0.402 e. The highest BCUT2D eigenvalue weighted by molar-refractivity contribution is 7.89. The van der Waals surface area contributed by atoms with Crippen molar-refractivity contribution in [3.8, 4) is 0 Å². The molecule has 5 nitrogen and oxygen atoms in total. The third-order valence-electron chi connectivity index (χ3n) is 2.54. The van der Waals surface area contributed by atoms with Crippen molar-refractivity contribution < 1.29 is 21.6 Å². The molecule has 0 N–H and O–H groups in total. The van der Waals surface area contributed by atoms with Gasteiger partial charge in [-0.1, -0.05) is 24.9 Å². The van der Waals surface area contributed by atoms with E-state index in [-0.39, 0.29) is 11.7 Å². The summed E-state index contributed by atoms with van der Waals surface area (Å²) in [7, 11) is -2.91. The van der Waals surface area contributed by atoms with Crippen LogP contribution in [-0.2, 0) is 17.1 Å². The molecule has 0 aliphatic rings. The molecule has 20 heavy (non-hydrogen) atoms. The number of hydrogen-bond acceptors (Lipinski definition) is 3. The summed E-state index contributed by atoms with van der Waals surface area (Å²) in [6.07, 6.45) is -2.59. The second-order valence-electron chi connectivity index (χ2n) is 4.26. The van der Waals surface area contributed by atoms with Gasteiger partial charge in [-0.05, 0) is 6.42 Å². The maximum Gasteiger partial charge on any atom is 0.402 e. The lowest BCUT2D eigenvalue weighted by molar-refractivity contribution is -0.136. The highest BCUT2D eigenvalue weighted by Crippen LogP contribution is 2.26. The van der Waals surface area contributed by atoms with Crippen molar-refractivity contribution in [1.82, 2.24) is 13.9 Å². The predicted molar refractivity (Wildman–Crippen MR) is 67.9 cm³/mol. The molecule has 1 heterocycles. The van der Waals surface area contributed by atoms with Gasteiger partial charge in [-0.3, -0.25) is 0 Å². The zero-order valence-corrected chi connectivity index (χ0v) is 12.6. The van der Waals surface area contributed by atoms with Gasteiger partial charge in [0, 0.05) is 13.6 Å². The molecule has 0 unspecified atom stereocenters. The molecular formula is C10H15ClF3N3O2S. The molecule has 0 bridgehead atoms. The summed E-state index contributed by atoms with van der Waals surface area (Å²) < 4.78 is 63.6. The van der Waals surface area contributed by atoms with E-state index in [1.807, 2.05) is 0 Å². The van der Waals surface area contributed by atoms with E-state index in [9.17, 15) is 21.6 Å². The minimum absolute atomic E-state index is 0.214. The van der Waals surface area contributed by atoms with E-state index < -0.39 is 27.8 Å². The van der Waals surface area contributed by atoms with E-state index in [1.165, 1.54) is 11.6 Å². The fraction of sp³-hybridized carbons (Fsp3) is 0.700. The Morgan fingerprint density at radius 3 is 2.45 bits per heavy atom. The maximum absolute atomic E-state index is 12.5. The van der Waals surface area contributed by atoms with Crippen molar-refractivity contribution in [1.29, 1.82) is 0 Å². The van der Waals surface area contributed by atoms with Crippen molar-refractivity contribution in [2.24, 2.45) is 7.05 Å². The number of imidazole rings is 1. The number of sulfonamides is 1. The Balaban J connectivity index is 3.13. The van der Waals surface area contributed by atoms with Crippen molar-refractivity contribution in [3.05, 3.63) is 11.5 Å². The molecule has 0 radical (unpaired) electrons. The lowest BCUT2D eigenvalue weighted by atomic mass is 10.3. The second-order valence-corrected chi connectivity index (χ2v) is 6.47. The van der Waals surface area contributed by atoms with E-state index in [0.29, 0.717) is 17.1 Å². The molecule has 1 aromatic rings. The molecule has 0 fully saturated rings. The van der Waals surface area contributed by atoms with Gasteiger partial charge in [0.1, 0.15) is 11.7 Å². The molecule has 1 aromatic heterocycles. The Kier molecular flexibility index (Phi) is 5.45. The number of halogens is 4. The fourth-order valence-electron chi connectivity index (χ4n) is 1.51. The van der Waals surface area contributed by atoms with Gasteiger partial charge >= 0.3 is 6.18 Å². The molecule has 0 saturated heterocycles. The van der Waals surface area contributed by atoms with E-state index >= 15 is 0 Å². The van der Waals surface area contributed by atoms with Gasteiger partial charge in [-0.15, -0.1) is 0 Å². The molecule has 0 amide bonds. The summed E-state index contributed by atoms with van der Waals surface area (Å²) in [5.74, 6) is 0. The number of hydrogen-bond donors (Lipinski definition) is 0. The standard InChI is InChI=1S/C10H15ClF3N3O2S/c1-3-4-5-17(6-10(12,13)14)20(18,19)9-8(11)16(2)7-15-9/h7H,3-6H2,1-2H3. The highest BCUT2D eigenvalue weighted by atomic mass is 35.5. The average Bonchev–Trinajstić information content (AvgIpc) is 2.64. The molecule has 0 aliphatic carbocycles. The minimum Gasteiger partial charge on any atom is -0.324 e. The summed E-state index contributed by atoms with van der Waals surface area (Å²) in [5.41, 5.74) is 0. The lowest BCUT2D eigenvalue weighted by Crippen LogP contribution is -2.39. The van der Waals surface area contributed by atoms with Crippen LogP contribution in [0.3, 0.4) is 0 Å². The quantitative estimate of drug-likeness (QED) is 0.803. The molecule has 10 heteroatoms. The summed E-state index contributed by atoms with van der Waals surface area (Å²) in [6.45, 7) is -0.0282. The van der Waals surface area contributed by atoms with E-state index in [4.69, 9.17) is 11.6 Å². The van der Waals surface area contributed by atoms with Crippen LogP contribution >= 0.6 is 11.6 Å². The van der Waals surface area contributed by atoms with Crippen LogP contribution in [0.5, 0.6) is 0 Å². The second kappa shape index (κ2) is 6.31. The smallest absolute Gasteiger partial charge is 0.324 e. The Hall–Kier alpha value is -0.800. The number of rotatable bonds is 6. The number of alkyl halides is 3. The molecule has 0 aromatic carbocycles. The van der Waals surface area contributed by atoms with Crippen LogP contribution in [0.15, 0.2) is 11.4 Å². The molecule has 116 valence electrons.